The molecule has 3 aromatic rings. The fraction of sp³-hybridized carbons (Fsp3) is 0.120. The average molecular weight is 494 g/mol. The van der Waals surface area contributed by atoms with Crippen LogP contribution in [0.25, 0.3) is 11.8 Å². The van der Waals surface area contributed by atoms with Crippen molar-refractivity contribution in [3.8, 4) is 5.69 Å². The third kappa shape index (κ3) is 4.02. The molecule has 2 amide bonds. The molecule has 172 valence electrons. The number of benzene rings is 2. The summed E-state index contributed by atoms with van der Waals surface area (Å²) in [6, 6.07) is 13.8. The van der Waals surface area contributed by atoms with Gasteiger partial charge in [-0.05, 0) is 80.5 Å². The highest BCUT2D eigenvalue weighted by Gasteiger charge is 2.35. The van der Waals surface area contributed by atoms with Crippen LogP contribution in [0, 0.1) is 20.8 Å². The lowest BCUT2D eigenvalue weighted by molar-refractivity contribution is -0.122. The Morgan fingerprint density at radius 2 is 1.79 bits per heavy atom. The quantitative estimate of drug-likeness (QED) is 0.315. The lowest BCUT2D eigenvalue weighted by Crippen LogP contribution is -2.54. The van der Waals surface area contributed by atoms with Crippen LogP contribution in [0.15, 0.2) is 54.1 Å². The van der Waals surface area contributed by atoms with Gasteiger partial charge in [-0.2, -0.15) is 0 Å². The average Bonchev–Trinajstić information content (AvgIpc) is 3.05. The molecule has 0 unspecified atom stereocenters. The van der Waals surface area contributed by atoms with Crippen molar-refractivity contribution in [3.05, 3.63) is 87.2 Å². The number of anilines is 1. The van der Waals surface area contributed by atoms with Crippen molar-refractivity contribution < 1.29 is 19.5 Å². The van der Waals surface area contributed by atoms with E-state index in [9.17, 15) is 19.5 Å². The summed E-state index contributed by atoms with van der Waals surface area (Å²) in [5, 5.41) is 12.2. The van der Waals surface area contributed by atoms with E-state index < -0.39 is 17.8 Å². The topological polar surface area (TPSA) is 91.6 Å². The summed E-state index contributed by atoms with van der Waals surface area (Å²) in [5.41, 5.74) is 4.11. The number of hydrogen-bond acceptors (Lipinski definition) is 4. The van der Waals surface area contributed by atoms with Crippen LogP contribution in [0.3, 0.4) is 0 Å². The number of amides is 2. The number of para-hydroxylation sites is 1. The van der Waals surface area contributed by atoms with E-state index in [0.29, 0.717) is 16.9 Å². The largest absolute Gasteiger partial charge is 0.478 e. The van der Waals surface area contributed by atoms with Crippen molar-refractivity contribution in [2.45, 2.75) is 20.8 Å². The maximum atomic E-state index is 13.4. The standard InChI is InChI=1S/C25H20ClN3O4S/c1-13-6-4-5-7-21(13)29-23(31)19(22(30)27-25(29)34)11-16-10-14(2)28(15(16)3)17-8-9-20(26)18(12-17)24(32)33/h4-12H,1-3H3,(H,32,33)(H,27,30,34). The Morgan fingerprint density at radius 3 is 2.47 bits per heavy atom. The highest BCUT2D eigenvalue weighted by Crippen LogP contribution is 2.28. The molecule has 1 aromatic heterocycles. The third-order valence-electron chi connectivity index (χ3n) is 5.67. The molecule has 1 aliphatic rings. The SMILES string of the molecule is Cc1ccccc1N1C(=O)C(=Cc2cc(C)n(-c3ccc(Cl)c(C(=O)O)c3)c2C)C(=O)NC1=S. The van der Waals surface area contributed by atoms with Gasteiger partial charge in [0.05, 0.1) is 16.3 Å². The zero-order valence-corrected chi connectivity index (χ0v) is 20.1. The molecule has 0 aliphatic carbocycles. The first-order chi connectivity index (χ1) is 16.1. The Kier molecular flexibility index (Phi) is 6.12. The zero-order valence-electron chi connectivity index (χ0n) is 18.5. The Bertz CT molecular complexity index is 1420. The summed E-state index contributed by atoms with van der Waals surface area (Å²) in [6.45, 7) is 5.53. The Balaban J connectivity index is 1.79. The second-order valence-electron chi connectivity index (χ2n) is 7.88. The van der Waals surface area contributed by atoms with Gasteiger partial charge >= 0.3 is 5.97 Å². The van der Waals surface area contributed by atoms with Crippen LogP contribution in [0.1, 0.15) is 32.9 Å². The maximum Gasteiger partial charge on any atom is 0.337 e. The molecule has 0 saturated carbocycles. The van der Waals surface area contributed by atoms with Crippen molar-refractivity contribution in [1.82, 2.24) is 9.88 Å². The number of aromatic nitrogens is 1. The number of aryl methyl sites for hydroxylation is 2. The Labute approximate surface area is 206 Å². The monoisotopic (exact) mass is 493 g/mol. The molecule has 1 fully saturated rings. The first-order valence-corrected chi connectivity index (χ1v) is 11.1. The molecule has 2 aromatic carbocycles. The number of thiocarbonyl (C=S) groups is 1. The molecule has 7 nitrogen and oxygen atoms in total. The predicted octanol–water partition coefficient (Wildman–Crippen LogP) is 4.59. The molecular formula is C25H20ClN3O4S. The summed E-state index contributed by atoms with van der Waals surface area (Å²) in [6.07, 6.45) is 1.53. The smallest absolute Gasteiger partial charge is 0.337 e. The lowest BCUT2D eigenvalue weighted by atomic mass is 10.1. The fourth-order valence-corrected chi connectivity index (χ4v) is 4.47. The Hall–Kier alpha value is -3.75. The van der Waals surface area contributed by atoms with Crippen LogP contribution in [0.2, 0.25) is 5.02 Å². The highest BCUT2D eigenvalue weighted by atomic mass is 35.5. The number of aromatic carboxylic acids is 1. The number of rotatable bonds is 4. The van der Waals surface area contributed by atoms with E-state index in [1.165, 1.54) is 23.1 Å². The van der Waals surface area contributed by atoms with Gasteiger partial charge in [-0.15, -0.1) is 0 Å². The molecule has 34 heavy (non-hydrogen) atoms. The molecule has 0 bridgehead atoms. The van der Waals surface area contributed by atoms with Gasteiger partial charge in [0.2, 0.25) is 0 Å². The van der Waals surface area contributed by atoms with E-state index in [0.717, 1.165) is 17.0 Å². The molecule has 2 N–H and O–H groups in total. The van der Waals surface area contributed by atoms with Crippen molar-refractivity contribution in [2.24, 2.45) is 0 Å². The molecule has 2 heterocycles. The van der Waals surface area contributed by atoms with E-state index in [1.807, 2.05) is 43.5 Å². The number of nitrogens with one attached hydrogen (secondary N) is 1. The van der Waals surface area contributed by atoms with Crippen molar-refractivity contribution in [2.75, 3.05) is 4.90 Å². The summed E-state index contributed by atoms with van der Waals surface area (Å²) < 4.78 is 1.84. The van der Waals surface area contributed by atoms with Crippen molar-refractivity contribution in [1.29, 1.82) is 0 Å². The summed E-state index contributed by atoms with van der Waals surface area (Å²) in [5.74, 6) is -2.23. The number of carbonyl (C=O) groups is 3. The van der Waals surface area contributed by atoms with Gasteiger partial charge in [-0.25, -0.2) is 4.79 Å². The normalized spacial score (nSPS) is 15.1. The van der Waals surface area contributed by atoms with Gasteiger partial charge < -0.3 is 9.67 Å². The minimum Gasteiger partial charge on any atom is -0.478 e. The van der Waals surface area contributed by atoms with Crippen LogP contribution < -0.4 is 10.2 Å². The summed E-state index contributed by atoms with van der Waals surface area (Å²) >= 11 is 11.3. The molecule has 4 rings (SSSR count). The Morgan fingerprint density at radius 1 is 1.09 bits per heavy atom. The first kappa shape index (κ1) is 23.4. The number of carboxylic acid groups (broad SMARTS) is 1. The molecule has 1 aliphatic heterocycles. The van der Waals surface area contributed by atoms with E-state index in [2.05, 4.69) is 5.32 Å². The molecular weight excluding hydrogens is 474 g/mol. The van der Waals surface area contributed by atoms with Gasteiger partial charge in [-0.3, -0.25) is 19.8 Å². The molecule has 9 heteroatoms. The third-order valence-corrected chi connectivity index (χ3v) is 6.28. The molecule has 0 atom stereocenters. The summed E-state index contributed by atoms with van der Waals surface area (Å²) in [7, 11) is 0. The van der Waals surface area contributed by atoms with Crippen molar-refractivity contribution >= 4 is 58.5 Å². The number of hydrogen-bond donors (Lipinski definition) is 2. The number of nitrogens with zero attached hydrogens (tertiary/aromatic N) is 2. The van der Waals surface area contributed by atoms with Crippen LogP contribution in [-0.4, -0.2) is 32.6 Å². The van der Waals surface area contributed by atoms with Gasteiger partial charge in [0.25, 0.3) is 11.8 Å². The van der Waals surface area contributed by atoms with Gasteiger partial charge in [0.1, 0.15) is 5.57 Å². The van der Waals surface area contributed by atoms with Crippen molar-refractivity contribution in [3.63, 3.8) is 0 Å². The van der Waals surface area contributed by atoms with E-state index in [-0.39, 0.29) is 21.3 Å². The highest BCUT2D eigenvalue weighted by molar-refractivity contribution is 7.80. The van der Waals surface area contributed by atoms with Gasteiger partial charge in [-0.1, -0.05) is 29.8 Å². The minimum absolute atomic E-state index is 0.0178. The predicted molar refractivity (Wildman–Crippen MR) is 135 cm³/mol. The number of carboxylic acids is 1. The lowest BCUT2D eigenvalue weighted by Gasteiger charge is -2.30. The number of carbonyl (C=O) groups excluding carboxylic acids is 2. The summed E-state index contributed by atoms with van der Waals surface area (Å²) in [4.78, 5) is 38.9. The maximum absolute atomic E-state index is 13.4. The number of halogens is 1. The van der Waals surface area contributed by atoms with Crippen LogP contribution in [0.5, 0.6) is 0 Å². The van der Waals surface area contributed by atoms with E-state index in [4.69, 9.17) is 23.8 Å². The second kappa shape index (κ2) is 8.89. The molecule has 0 radical (unpaired) electrons. The zero-order chi connectivity index (χ0) is 24.7. The van der Waals surface area contributed by atoms with E-state index in [1.54, 1.807) is 18.2 Å². The molecule has 0 spiro atoms. The van der Waals surface area contributed by atoms with E-state index >= 15 is 0 Å². The van der Waals surface area contributed by atoms with Crippen LogP contribution in [0.4, 0.5) is 5.69 Å². The van der Waals surface area contributed by atoms with Crippen LogP contribution >= 0.6 is 23.8 Å². The van der Waals surface area contributed by atoms with Gasteiger partial charge in [0, 0.05) is 17.1 Å². The molecule has 1 saturated heterocycles. The second-order valence-corrected chi connectivity index (χ2v) is 8.67. The first-order valence-electron chi connectivity index (χ1n) is 10.3. The van der Waals surface area contributed by atoms with Gasteiger partial charge in [0.15, 0.2) is 5.11 Å². The fourth-order valence-electron chi connectivity index (χ4n) is 3.99. The minimum atomic E-state index is -1.13. The van der Waals surface area contributed by atoms with Crippen LogP contribution in [-0.2, 0) is 9.59 Å².